The van der Waals surface area contributed by atoms with E-state index in [0.29, 0.717) is 17.7 Å². The van der Waals surface area contributed by atoms with Crippen LogP contribution in [0.5, 0.6) is 0 Å². The number of carbonyl (C=O) groups excluding carboxylic acids is 1. The molecule has 0 fully saturated rings. The molecule has 0 bridgehead atoms. The van der Waals surface area contributed by atoms with Crippen LogP contribution in [0.25, 0.3) is 0 Å². The molecule has 0 aliphatic heterocycles. The van der Waals surface area contributed by atoms with E-state index in [4.69, 9.17) is 11.0 Å². The maximum atomic E-state index is 11.1. The smallest absolute Gasteiger partial charge is 0.248 e. The third kappa shape index (κ3) is 3.33. The number of amides is 1. The summed E-state index contributed by atoms with van der Waals surface area (Å²) < 4.78 is 0. The number of rotatable bonds is 4. The van der Waals surface area contributed by atoms with Crippen molar-refractivity contribution >= 4 is 11.6 Å². The highest BCUT2D eigenvalue weighted by molar-refractivity contribution is 5.92. The van der Waals surface area contributed by atoms with Crippen molar-refractivity contribution in [3.05, 3.63) is 65.2 Å². The Kier molecular flexibility index (Phi) is 3.79. The highest BCUT2D eigenvalue weighted by Crippen LogP contribution is 2.12. The highest BCUT2D eigenvalue weighted by atomic mass is 16.1. The first kappa shape index (κ1) is 12.7. The van der Waals surface area contributed by atoms with Gasteiger partial charge in [0, 0.05) is 17.8 Å². The summed E-state index contributed by atoms with van der Waals surface area (Å²) in [5, 5.41) is 12.0. The van der Waals surface area contributed by atoms with E-state index < -0.39 is 5.91 Å². The minimum atomic E-state index is -0.437. The van der Waals surface area contributed by atoms with Crippen molar-refractivity contribution in [2.45, 2.75) is 6.54 Å². The number of nitrogens with zero attached hydrogens (tertiary/aromatic N) is 1. The van der Waals surface area contributed by atoms with Gasteiger partial charge in [0.05, 0.1) is 11.6 Å². The van der Waals surface area contributed by atoms with Crippen molar-refractivity contribution in [3.8, 4) is 6.07 Å². The lowest BCUT2D eigenvalue weighted by atomic mass is 10.1. The monoisotopic (exact) mass is 251 g/mol. The molecule has 94 valence electrons. The maximum Gasteiger partial charge on any atom is 0.248 e. The van der Waals surface area contributed by atoms with Gasteiger partial charge in [0.15, 0.2) is 0 Å². The molecular weight excluding hydrogens is 238 g/mol. The minimum Gasteiger partial charge on any atom is -0.381 e. The van der Waals surface area contributed by atoms with E-state index in [0.717, 1.165) is 11.3 Å². The Morgan fingerprint density at radius 2 is 2.00 bits per heavy atom. The Morgan fingerprint density at radius 1 is 1.21 bits per heavy atom. The normalized spacial score (nSPS) is 9.63. The summed E-state index contributed by atoms with van der Waals surface area (Å²) in [6.07, 6.45) is 0. The number of carbonyl (C=O) groups is 1. The fourth-order valence-electron chi connectivity index (χ4n) is 1.74. The van der Waals surface area contributed by atoms with Crippen molar-refractivity contribution in [2.75, 3.05) is 5.32 Å². The molecular formula is C15H13N3O. The molecule has 2 aromatic rings. The van der Waals surface area contributed by atoms with E-state index >= 15 is 0 Å². The maximum absolute atomic E-state index is 11.1. The molecule has 0 spiro atoms. The predicted molar refractivity (Wildman–Crippen MR) is 73.4 cm³/mol. The first-order valence-corrected chi connectivity index (χ1v) is 5.82. The topological polar surface area (TPSA) is 78.9 Å². The second kappa shape index (κ2) is 5.69. The molecule has 4 nitrogen and oxygen atoms in total. The van der Waals surface area contributed by atoms with E-state index in [-0.39, 0.29) is 0 Å². The van der Waals surface area contributed by atoms with Crippen LogP contribution in [0, 0.1) is 11.3 Å². The van der Waals surface area contributed by atoms with Crippen LogP contribution in [0.1, 0.15) is 21.5 Å². The van der Waals surface area contributed by atoms with E-state index in [1.807, 2.05) is 18.2 Å². The molecule has 0 saturated heterocycles. The predicted octanol–water partition coefficient (Wildman–Crippen LogP) is 2.27. The lowest BCUT2D eigenvalue weighted by molar-refractivity contribution is 0.1000. The average molecular weight is 251 g/mol. The largest absolute Gasteiger partial charge is 0.381 e. The van der Waals surface area contributed by atoms with Crippen LogP contribution in [-0.4, -0.2) is 5.91 Å². The van der Waals surface area contributed by atoms with Crippen molar-refractivity contribution in [2.24, 2.45) is 5.73 Å². The second-order valence-corrected chi connectivity index (χ2v) is 4.11. The lowest BCUT2D eigenvalue weighted by Crippen LogP contribution is -2.11. The minimum absolute atomic E-state index is 0.437. The first-order valence-electron chi connectivity index (χ1n) is 5.82. The van der Waals surface area contributed by atoms with Crippen LogP contribution in [0.15, 0.2) is 48.5 Å². The molecule has 0 atom stereocenters. The zero-order valence-electron chi connectivity index (χ0n) is 10.3. The third-order valence-corrected chi connectivity index (χ3v) is 2.70. The van der Waals surface area contributed by atoms with Crippen molar-refractivity contribution in [1.82, 2.24) is 0 Å². The number of nitrogens with two attached hydrogens (primary N) is 1. The standard InChI is InChI=1S/C15H13N3O/c16-9-11-3-2-6-14(8-11)18-10-12-4-1-5-13(7-12)15(17)19/h1-8,18H,10H2,(H2,17,19). The number of anilines is 1. The molecule has 0 saturated carbocycles. The molecule has 0 aliphatic carbocycles. The number of nitrogens with one attached hydrogen (secondary N) is 1. The number of hydrogen-bond donors (Lipinski definition) is 2. The van der Waals surface area contributed by atoms with Gasteiger partial charge < -0.3 is 11.1 Å². The molecule has 2 aromatic carbocycles. The molecule has 0 radical (unpaired) electrons. The van der Waals surface area contributed by atoms with Crippen LogP contribution < -0.4 is 11.1 Å². The van der Waals surface area contributed by atoms with Gasteiger partial charge in [0.1, 0.15) is 0 Å². The van der Waals surface area contributed by atoms with Gasteiger partial charge in [-0.1, -0.05) is 18.2 Å². The fourth-order valence-corrected chi connectivity index (χ4v) is 1.74. The Bertz CT molecular complexity index is 644. The van der Waals surface area contributed by atoms with E-state index in [2.05, 4.69) is 11.4 Å². The van der Waals surface area contributed by atoms with Gasteiger partial charge in [-0.15, -0.1) is 0 Å². The molecule has 4 heteroatoms. The molecule has 0 unspecified atom stereocenters. The summed E-state index contributed by atoms with van der Waals surface area (Å²) in [4.78, 5) is 11.1. The lowest BCUT2D eigenvalue weighted by Gasteiger charge is -2.07. The van der Waals surface area contributed by atoms with Crippen LogP contribution in [0.4, 0.5) is 5.69 Å². The summed E-state index contributed by atoms with van der Waals surface area (Å²) in [6, 6.07) is 16.5. The van der Waals surface area contributed by atoms with Gasteiger partial charge in [-0.2, -0.15) is 5.26 Å². The van der Waals surface area contributed by atoms with E-state index in [9.17, 15) is 4.79 Å². The zero-order valence-corrected chi connectivity index (χ0v) is 10.3. The van der Waals surface area contributed by atoms with Gasteiger partial charge >= 0.3 is 0 Å². The van der Waals surface area contributed by atoms with Crippen LogP contribution in [-0.2, 0) is 6.54 Å². The van der Waals surface area contributed by atoms with Gasteiger partial charge in [-0.05, 0) is 35.9 Å². The fraction of sp³-hybridized carbons (Fsp3) is 0.0667. The molecule has 2 rings (SSSR count). The molecule has 0 aromatic heterocycles. The molecule has 19 heavy (non-hydrogen) atoms. The van der Waals surface area contributed by atoms with Crippen molar-refractivity contribution < 1.29 is 4.79 Å². The van der Waals surface area contributed by atoms with Gasteiger partial charge in [0.2, 0.25) is 5.91 Å². The summed E-state index contributed by atoms with van der Waals surface area (Å²) in [7, 11) is 0. The zero-order chi connectivity index (χ0) is 13.7. The summed E-state index contributed by atoms with van der Waals surface area (Å²) >= 11 is 0. The Labute approximate surface area is 111 Å². The van der Waals surface area contributed by atoms with Crippen molar-refractivity contribution in [1.29, 1.82) is 5.26 Å². The van der Waals surface area contributed by atoms with E-state index in [1.54, 1.807) is 30.3 Å². The summed E-state index contributed by atoms with van der Waals surface area (Å²) in [5.74, 6) is -0.437. The second-order valence-electron chi connectivity index (χ2n) is 4.11. The van der Waals surface area contributed by atoms with Gasteiger partial charge in [0.25, 0.3) is 0 Å². The molecule has 0 aliphatic rings. The summed E-state index contributed by atoms with van der Waals surface area (Å²) in [6.45, 7) is 0.565. The third-order valence-electron chi connectivity index (χ3n) is 2.70. The van der Waals surface area contributed by atoms with Gasteiger partial charge in [-0.3, -0.25) is 4.79 Å². The molecule has 3 N–H and O–H groups in total. The average Bonchev–Trinajstić information content (AvgIpc) is 2.45. The Balaban J connectivity index is 2.08. The molecule has 1 amide bonds. The van der Waals surface area contributed by atoms with Crippen molar-refractivity contribution in [3.63, 3.8) is 0 Å². The van der Waals surface area contributed by atoms with Gasteiger partial charge in [-0.25, -0.2) is 0 Å². The Hall–Kier alpha value is -2.80. The number of nitriles is 1. The van der Waals surface area contributed by atoms with Crippen LogP contribution in [0.3, 0.4) is 0 Å². The number of primary amides is 1. The van der Waals surface area contributed by atoms with Crippen LogP contribution >= 0.6 is 0 Å². The number of hydrogen-bond acceptors (Lipinski definition) is 3. The summed E-state index contributed by atoms with van der Waals surface area (Å²) in [5.41, 5.74) is 8.15. The van der Waals surface area contributed by atoms with E-state index in [1.165, 1.54) is 0 Å². The van der Waals surface area contributed by atoms with Crippen LogP contribution in [0.2, 0.25) is 0 Å². The Morgan fingerprint density at radius 3 is 2.74 bits per heavy atom. The molecule has 0 heterocycles. The number of benzene rings is 2. The quantitative estimate of drug-likeness (QED) is 0.874. The first-order chi connectivity index (χ1) is 9.19. The SMILES string of the molecule is N#Cc1cccc(NCc2cccc(C(N)=O)c2)c1. The highest BCUT2D eigenvalue weighted by Gasteiger charge is 2.01.